The van der Waals surface area contributed by atoms with Gasteiger partial charge in [0.15, 0.2) is 17.5 Å². The maximum absolute atomic E-state index is 5.00. The minimum Gasteiger partial charge on any atom is -0.208 e. The first-order valence-corrected chi connectivity index (χ1v) is 16.5. The number of hydrogen-bond donors (Lipinski definition) is 0. The van der Waals surface area contributed by atoms with Gasteiger partial charge in [-0.3, -0.25) is 0 Å². The van der Waals surface area contributed by atoms with E-state index in [1.165, 1.54) is 47.6 Å². The van der Waals surface area contributed by atoms with Crippen molar-refractivity contribution < 1.29 is 0 Å². The molecule has 0 spiro atoms. The molecule has 0 aliphatic heterocycles. The summed E-state index contributed by atoms with van der Waals surface area (Å²) < 4.78 is 2.62. The van der Waals surface area contributed by atoms with Crippen LogP contribution >= 0.6 is 11.3 Å². The molecule has 9 rings (SSSR count). The lowest BCUT2D eigenvalue weighted by atomic mass is 10.00. The Kier molecular flexibility index (Phi) is 6.65. The van der Waals surface area contributed by atoms with Crippen LogP contribution in [0.5, 0.6) is 0 Å². The molecule has 2 aromatic heterocycles. The molecule has 4 heteroatoms. The summed E-state index contributed by atoms with van der Waals surface area (Å²) in [4.78, 5) is 14.9. The summed E-state index contributed by atoms with van der Waals surface area (Å²) in [6.07, 6.45) is 0. The Morgan fingerprint density at radius 3 is 1.60 bits per heavy atom. The molecular weight excluding hydrogens is 591 g/mol. The maximum atomic E-state index is 5.00. The summed E-state index contributed by atoms with van der Waals surface area (Å²) in [7, 11) is 0. The fourth-order valence-corrected chi connectivity index (χ4v) is 7.54. The van der Waals surface area contributed by atoms with Gasteiger partial charge in [0.2, 0.25) is 0 Å². The zero-order valence-electron chi connectivity index (χ0n) is 25.3. The summed E-state index contributed by atoms with van der Waals surface area (Å²) in [5, 5.41) is 5.08. The molecule has 0 aliphatic rings. The van der Waals surface area contributed by atoms with Crippen molar-refractivity contribution in [2.45, 2.75) is 0 Å². The molecule has 47 heavy (non-hydrogen) atoms. The molecule has 7 aromatic carbocycles. The summed E-state index contributed by atoms with van der Waals surface area (Å²) in [5.74, 6) is 1.96. The Labute approximate surface area is 276 Å². The van der Waals surface area contributed by atoms with Crippen LogP contribution in [0.25, 0.3) is 87.4 Å². The van der Waals surface area contributed by atoms with Crippen LogP contribution in [-0.4, -0.2) is 15.0 Å². The third-order valence-corrected chi connectivity index (χ3v) is 9.97. The van der Waals surface area contributed by atoms with Crippen LogP contribution in [0.3, 0.4) is 0 Å². The Bertz CT molecular complexity index is 2550. The third-order valence-electron chi connectivity index (χ3n) is 8.75. The highest BCUT2D eigenvalue weighted by Gasteiger charge is 2.14. The number of nitrogens with zero attached hydrogens (tertiary/aromatic N) is 3. The summed E-state index contributed by atoms with van der Waals surface area (Å²) in [6.45, 7) is 0. The lowest BCUT2D eigenvalue weighted by molar-refractivity contribution is 1.07. The van der Waals surface area contributed by atoms with E-state index < -0.39 is 0 Å². The minimum atomic E-state index is 0.651. The number of benzene rings is 7. The van der Waals surface area contributed by atoms with E-state index in [9.17, 15) is 0 Å². The van der Waals surface area contributed by atoms with E-state index in [1.807, 2.05) is 41.7 Å². The smallest absolute Gasteiger partial charge is 0.164 e. The normalized spacial score (nSPS) is 11.4. The van der Waals surface area contributed by atoms with E-state index in [0.717, 1.165) is 22.3 Å². The van der Waals surface area contributed by atoms with Crippen LogP contribution in [-0.2, 0) is 0 Å². The summed E-state index contributed by atoms with van der Waals surface area (Å²) in [6, 6.07) is 57.5. The van der Waals surface area contributed by atoms with Gasteiger partial charge in [0.05, 0.1) is 0 Å². The second kappa shape index (κ2) is 11.4. The number of rotatable bonds is 5. The molecule has 0 saturated carbocycles. The van der Waals surface area contributed by atoms with Crippen LogP contribution in [0.15, 0.2) is 164 Å². The van der Waals surface area contributed by atoms with Crippen LogP contribution in [0.2, 0.25) is 0 Å². The second-order valence-corrected chi connectivity index (χ2v) is 12.7. The molecular formula is C43H27N3S. The van der Waals surface area contributed by atoms with Crippen LogP contribution in [0.4, 0.5) is 0 Å². The molecule has 0 unspecified atom stereocenters. The first-order chi connectivity index (χ1) is 23.3. The van der Waals surface area contributed by atoms with Crippen molar-refractivity contribution in [1.29, 1.82) is 0 Å². The van der Waals surface area contributed by atoms with Gasteiger partial charge in [-0.05, 0) is 45.2 Å². The molecule has 0 amide bonds. The predicted molar refractivity (Wildman–Crippen MR) is 197 cm³/mol. The van der Waals surface area contributed by atoms with Gasteiger partial charge in [-0.15, -0.1) is 11.3 Å². The van der Waals surface area contributed by atoms with Crippen molar-refractivity contribution in [1.82, 2.24) is 15.0 Å². The quantitative estimate of drug-likeness (QED) is 0.193. The monoisotopic (exact) mass is 617 g/mol. The molecule has 0 radical (unpaired) electrons. The summed E-state index contributed by atoms with van der Waals surface area (Å²) >= 11 is 1.85. The highest BCUT2D eigenvalue weighted by atomic mass is 32.1. The van der Waals surface area contributed by atoms with Crippen molar-refractivity contribution in [2.24, 2.45) is 0 Å². The highest BCUT2D eigenvalue weighted by molar-refractivity contribution is 7.26. The van der Waals surface area contributed by atoms with E-state index in [1.54, 1.807) is 0 Å². The zero-order chi connectivity index (χ0) is 31.2. The topological polar surface area (TPSA) is 38.7 Å². The largest absolute Gasteiger partial charge is 0.208 e. The Hall–Kier alpha value is -5.97. The molecule has 0 atom stereocenters. The number of hydrogen-bond acceptors (Lipinski definition) is 4. The lowest BCUT2D eigenvalue weighted by Gasteiger charge is -2.10. The SMILES string of the molecule is c1ccc(-c2nc(-c3ccc(-c4ccc5ccccc5c4)cc3)nc(-c3ccc(-c4cccc5c4sc4ccccc45)cc3)n2)cc1. The molecule has 0 saturated heterocycles. The lowest BCUT2D eigenvalue weighted by Crippen LogP contribution is -2.00. The van der Waals surface area contributed by atoms with Gasteiger partial charge in [-0.1, -0.05) is 152 Å². The fraction of sp³-hybridized carbons (Fsp3) is 0. The molecule has 9 aromatic rings. The molecule has 0 aliphatic carbocycles. The molecule has 0 bridgehead atoms. The Morgan fingerprint density at radius 2 is 0.872 bits per heavy atom. The molecule has 220 valence electrons. The fourth-order valence-electron chi connectivity index (χ4n) is 6.30. The van der Waals surface area contributed by atoms with E-state index >= 15 is 0 Å². The van der Waals surface area contributed by atoms with Crippen LogP contribution in [0, 0.1) is 0 Å². The average molecular weight is 618 g/mol. The van der Waals surface area contributed by atoms with E-state index in [0.29, 0.717) is 17.5 Å². The van der Waals surface area contributed by atoms with Crippen molar-refractivity contribution in [3.63, 3.8) is 0 Å². The van der Waals surface area contributed by atoms with Gasteiger partial charge < -0.3 is 0 Å². The van der Waals surface area contributed by atoms with E-state index in [2.05, 4.69) is 133 Å². The number of aromatic nitrogens is 3. The van der Waals surface area contributed by atoms with E-state index in [-0.39, 0.29) is 0 Å². The number of thiophene rings is 1. The highest BCUT2D eigenvalue weighted by Crippen LogP contribution is 2.40. The van der Waals surface area contributed by atoms with Gasteiger partial charge in [0.25, 0.3) is 0 Å². The van der Waals surface area contributed by atoms with E-state index in [4.69, 9.17) is 15.0 Å². The zero-order valence-corrected chi connectivity index (χ0v) is 26.2. The molecule has 0 fully saturated rings. The van der Waals surface area contributed by atoms with Gasteiger partial charge >= 0.3 is 0 Å². The van der Waals surface area contributed by atoms with Crippen molar-refractivity contribution in [2.75, 3.05) is 0 Å². The van der Waals surface area contributed by atoms with Gasteiger partial charge in [-0.25, -0.2) is 15.0 Å². The van der Waals surface area contributed by atoms with Crippen LogP contribution < -0.4 is 0 Å². The third kappa shape index (κ3) is 5.05. The van der Waals surface area contributed by atoms with Gasteiger partial charge in [0.1, 0.15) is 0 Å². The molecule has 0 N–H and O–H groups in total. The summed E-state index contributed by atoms with van der Waals surface area (Å²) in [5.41, 5.74) is 7.60. The number of fused-ring (bicyclic) bond motifs is 4. The molecule has 3 nitrogen and oxygen atoms in total. The van der Waals surface area contributed by atoms with Crippen molar-refractivity contribution >= 4 is 42.3 Å². The first kappa shape index (κ1) is 27.3. The van der Waals surface area contributed by atoms with Crippen molar-refractivity contribution in [3.8, 4) is 56.4 Å². The Morgan fingerprint density at radius 1 is 0.340 bits per heavy atom. The van der Waals surface area contributed by atoms with Gasteiger partial charge in [0, 0.05) is 36.9 Å². The standard InChI is InChI=1S/C43H27N3S/c1-2-10-31(11-3-1)41-44-42(32-22-17-29(18-23-32)35-26-19-28-9-4-5-12-34(28)27-35)46-43(45-41)33-24-20-30(21-25-33)36-14-8-15-38-37-13-6-7-16-39(37)47-40(36)38/h1-27H. The van der Waals surface area contributed by atoms with Crippen molar-refractivity contribution in [3.05, 3.63) is 164 Å². The predicted octanol–water partition coefficient (Wildman–Crippen LogP) is 11.7. The maximum Gasteiger partial charge on any atom is 0.164 e. The first-order valence-electron chi connectivity index (χ1n) is 15.7. The minimum absolute atomic E-state index is 0.651. The Balaban J connectivity index is 1.10. The molecule has 2 heterocycles. The van der Waals surface area contributed by atoms with Gasteiger partial charge in [-0.2, -0.15) is 0 Å². The second-order valence-electron chi connectivity index (χ2n) is 11.7. The van der Waals surface area contributed by atoms with Crippen LogP contribution in [0.1, 0.15) is 0 Å². The average Bonchev–Trinajstić information content (AvgIpc) is 3.54.